The van der Waals surface area contributed by atoms with Crippen molar-refractivity contribution in [3.63, 3.8) is 0 Å². The first-order valence-electron chi connectivity index (χ1n) is 19.0. The van der Waals surface area contributed by atoms with Crippen molar-refractivity contribution >= 4 is 55.3 Å². The molecule has 266 valence electrons. The maximum absolute atomic E-state index is 5.06. The van der Waals surface area contributed by atoms with E-state index in [0.717, 1.165) is 100 Å². The summed E-state index contributed by atoms with van der Waals surface area (Å²) in [5, 5.41) is 2.12. The molecule has 0 saturated carbocycles. The van der Waals surface area contributed by atoms with Crippen molar-refractivity contribution in [2.24, 2.45) is 0 Å². The number of nitrogens with zero attached hydrogens (tertiary/aromatic N) is 6. The predicted octanol–water partition coefficient (Wildman–Crippen LogP) is 12.3. The van der Waals surface area contributed by atoms with Crippen LogP contribution < -0.4 is 0 Å². The van der Waals surface area contributed by atoms with E-state index in [9.17, 15) is 0 Å². The Bertz CT molecular complexity index is 3320. The fraction of sp³-hybridized carbons (Fsp3) is 0. The predicted molar refractivity (Wildman–Crippen MR) is 233 cm³/mol. The van der Waals surface area contributed by atoms with Crippen LogP contribution in [0, 0.1) is 0 Å². The Morgan fingerprint density at radius 1 is 0.404 bits per heavy atom. The first kappa shape index (κ1) is 32.5. The van der Waals surface area contributed by atoms with Crippen LogP contribution in [0.25, 0.3) is 100 Å². The quantitative estimate of drug-likeness (QED) is 0.160. The third kappa shape index (κ3) is 5.60. The van der Waals surface area contributed by atoms with Crippen LogP contribution in [0.4, 0.5) is 0 Å². The Labute approximate surface area is 328 Å². The SMILES string of the molecule is C1=CC=C(n2c3ccc(-c4cccc(-c5ccccc5)n4)cc3c3ncccc32)C=C(n2c3ccc(-c4cccc(-c5ccccc5)n4)cc3c3ncccc32)C=1. The van der Waals surface area contributed by atoms with Gasteiger partial charge >= 0.3 is 0 Å². The molecule has 6 heterocycles. The van der Waals surface area contributed by atoms with Crippen molar-refractivity contribution in [1.29, 1.82) is 0 Å². The molecule has 6 aromatic heterocycles. The first-order valence-corrected chi connectivity index (χ1v) is 19.0. The molecule has 1 aliphatic rings. The highest BCUT2D eigenvalue weighted by molar-refractivity contribution is 6.12. The molecular weight excluding hydrogens is 697 g/mol. The van der Waals surface area contributed by atoms with Gasteiger partial charge in [0.15, 0.2) is 0 Å². The molecule has 0 aliphatic heterocycles. The van der Waals surface area contributed by atoms with Gasteiger partial charge in [0, 0.05) is 57.2 Å². The van der Waals surface area contributed by atoms with Gasteiger partial charge in [-0.25, -0.2) is 9.97 Å². The minimum Gasteiger partial charge on any atom is -0.308 e. The summed E-state index contributed by atoms with van der Waals surface area (Å²) >= 11 is 0. The van der Waals surface area contributed by atoms with Gasteiger partial charge in [-0.15, -0.1) is 5.73 Å². The lowest BCUT2D eigenvalue weighted by Crippen LogP contribution is -1.99. The van der Waals surface area contributed by atoms with Gasteiger partial charge in [0.2, 0.25) is 0 Å². The fourth-order valence-electron chi connectivity index (χ4n) is 8.05. The van der Waals surface area contributed by atoms with E-state index in [-0.39, 0.29) is 0 Å². The van der Waals surface area contributed by atoms with E-state index in [4.69, 9.17) is 19.9 Å². The lowest BCUT2D eigenvalue weighted by Gasteiger charge is -2.13. The minimum atomic E-state index is 0.916. The van der Waals surface area contributed by atoms with Crippen molar-refractivity contribution in [3.8, 4) is 45.0 Å². The third-order valence-corrected chi connectivity index (χ3v) is 10.7. The van der Waals surface area contributed by atoms with Crippen molar-refractivity contribution < 1.29 is 0 Å². The van der Waals surface area contributed by atoms with E-state index in [2.05, 4.69) is 136 Å². The molecule has 0 fully saturated rings. The molecule has 0 unspecified atom stereocenters. The van der Waals surface area contributed by atoms with E-state index in [1.165, 1.54) is 0 Å². The number of hydrogen-bond donors (Lipinski definition) is 0. The number of aromatic nitrogens is 6. The number of fused-ring (bicyclic) bond motifs is 6. The zero-order valence-electron chi connectivity index (χ0n) is 30.7. The van der Waals surface area contributed by atoms with Crippen LogP contribution in [0.1, 0.15) is 0 Å². The van der Waals surface area contributed by atoms with Gasteiger partial charge in [0.05, 0.1) is 61.6 Å². The number of hydrogen-bond acceptors (Lipinski definition) is 4. The first-order chi connectivity index (χ1) is 28.3. The van der Waals surface area contributed by atoms with Crippen LogP contribution in [0.2, 0.25) is 0 Å². The van der Waals surface area contributed by atoms with Crippen molar-refractivity contribution in [2.75, 3.05) is 0 Å². The van der Waals surface area contributed by atoms with E-state index in [0.29, 0.717) is 0 Å². The molecule has 0 amide bonds. The molecule has 0 radical (unpaired) electrons. The largest absolute Gasteiger partial charge is 0.308 e. The molecule has 6 heteroatoms. The molecule has 0 N–H and O–H groups in total. The minimum absolute atomic E-state index is 0.916. The normalized spacial score (nSPS) is 12.7. The highest BCUT2D eigenvalue weighted by atomic mass is 15.0. The molecule has 4 aromatic carbocycles. The topological polar surface area (TPSA) is 61.4 Å². The smallest absolute Gasteiger partial charge is 0.0963 e. The summed E-state index contributed by atoms with van der Waals surface area (Å²) in [6, 6.07) is 54.4. The summed E-state index contributed by atoms with van der Waals surface area (Å²) in [4.78, 5) is 19.9. The van der Waals surface area contributed by atoms with Gasteiger partial charge in [-0.05, 0) is 91.0 Å². The maximum Gasteiger partial charge on any atom is 0.0963 e. The second kappa shape index (κ2) is 13.4. The summed E-state index contributed by atoms with van der Waals surface area (Å²) < 4.78 is 4.58. The Balaban J connectivity index is 1.03. The third-order valence-electron chi connectivity index (χ3n) is 10.7. The van der Waals surface area contributed by atoms with Crippen LogP contribution in [-0.4, -0.2) is 29.1 Å². The Kier molecular flexibility index (Phi) is 7.66. The highest BCUT2D eigenvalue weighted by Gasteiger charge is 2.19. The Morgan fingerprint density at radius 2 is 0.895 bits per heavy atom. The van der Waals surface area contributed by atoms with E-state index in [1.807, 2.05) is 73.1 Å². The molecular formula is C51H32N6. The van der Waals surface area contributed by atoms with Crippen molar-refractivity contribution in [1.82, 2.24) is 29.1 Å². The average Bonchev–Trinajstić information content (AvgIpc) is 3.68. The fourth-order valence-corrected chi connectivity index (χ4v) is 8.05. The second-order valence-electron chi connectivity index (χ2n) is 14.1. The molecule has 10 aromatic rings. The average molecular weight is 729 g/mol. The summed E-state index contributed by atoms with van der Waals surface area (Å²) in [6.07, 6.45) is 12.1. The van der Waals surface area contributed by atoms with Gasteiger partial charge in [0.25, 0.3) is 0 Å². The van der Waals surface area contributed by atoms with Crippen molar-refractivity contribution in [3.05, 3.63) is 200 Å². The van der Waals surface area contributed by atoms with E-state index >= 15 is 0 Å². The van der Waals surface area contributed by atoms with Gasteiger partial charge < -0.3 is 9.13 Å². The Hall–Kier alpha value is -7.92. The number of benzene rings is 4. The van der Waals surface area contributed by atoms with Crippen molar-refractivity contribution in [2.45, 2.75) is 0 Å². The highest BCUT2D eigenvalue weighted by Crippen LogP contribution is 2.38. The number of rotatable bonds is 6. The maximum atomic E-state index is 5.06. The molecule has 1 aliphatic carbocycles. The van der Waals surface area contributed by atoms with Gasteiger partial charge in [-0.2, -0.15) is 0 Å². The van der Waals surface area contributed by atoms with Crippen LogP contribution in [0.3, 0.4) is 0 Å². The molecule has 57 heavy (non-hydrogen) atoms. The molecule has 6 nitrogen and oxygen atoms in total. The van der Waals surface area contributed by atoms with Crippen LogP contribution in [0.5, 0.6) is 0 Å². The number of pyridine rings is 4. The zero-order valence-corrected chi connectivity index (χ0v) is 30.7. The molecule has 0 atom stereocenters. The van der Waals surface area contributed by atoms with E-state index in [1.54, 1.807) is 0 Å². The zero-order chi connectivity index (χ0) is 37.7. The van der Waals surface area contributed by atoms with Gasteiger partial charge in [0.1, 0.15) is 0 Å². The van der Waals surface area contributed by atoms with E-state index < -0.39 is 0 Å². The summed E-state index contributed by atoms with van der Waals surface area (Å²) in [6.45, 7) is 0. The van der Waals surface area contributed by atoms with Crippen LogP contribution >= 0.6 is 0 Å². The number of allylic oxidation sites excluding steroid dienone is 5. The summed E-state index contributed by atoms with van der Waals surface area (Å²) in [7, 11) is 0. The lowest BCUT2D eigenvalue weighted by molar-refractivity contribution is 1.20. The molecule has 11 rings (SSSR count). The van der Waals surface area contributed by atoms with Crippen LogP contribution in [-0.2, 0) is 0 Å². The lowest BCUT2D eigenvalue weighted by atomic mass is 10.1. The van der Waals surface area contributed by atoms with Crippen LogP contribution in [0.15, 0.2) is 200 Å². The molecule has 0 spiro atoms. The summed E-state index contributed by atoms with van der Waals surface area (Å²) in [5.41, 5.74) is 19.4. The summed E-state index contributed by atoms with van der Waals surface area (Å²) in [5.74, 6) is 0. The van der Waals surface area contributed by atoms with Gasteiger partial charge in [-0.3, -0.25) is 9.97 Å². The standard InChI is InChI=1S/C51H32N6/c1-3-13-34(14-4-1)42-19-9-21-44(54-42)36-25-27-46-40(31-36)50-48(23-11-29-52-50)56(46)38-17-7-8-18-39(33-38)57-47-28-26-37(32-41(47)51-49(57)24-12-30-53-51)45-22-10-20-43(55-45)35-15-5-2-6-16-35/h1-7,9-33H. The van der Waals surface area contributed by atoms with Gasteiger partial charge in [-0.1, -0.05) is 84.9 Å². The second-order valence-corrected chi connectivity index (χ2v) is 14.1. The molecule has 0 bridgehead atoms. The molecule has 0 saturated heterocycles. The monoisotopic (exact) mass is 728 g/mol. The Morgan fingerprint density at radius 3 is 1.42 bits per heavy atom.